The van der Waals surface area contributed by atoms with E-state index in [4.69, 9.17) is 4.74 Å². The van der Waals surface area contributed by atoms with Gasteiger partial charge in [-0.3, -0.25) is 4.98 Å². The average Bonchev–Trinajstić information content (AvgIpc) is 2.61. The number of anilines is 2. The monoisotopic (exact) mass is 295 g/mol. The van der Waals surface area contributed by atoms with Crippen LogP contribution in [0.1, 0.15) is 0 Å². The fourth-order valence-corrected chi connectivity index (χ4v) is 2.69. The predicted octanol–water partition coefficient (Wildman–Crippen LogP) is 2.97. The molecule has 4 heteroatoms. The maximum absolute atomic E-state index is 5.52. The highest BCUT2D eigenvalue weighted by atomic mass is 16.5. The summed E-state index contributed by atoms with van der Waals surface area (Å²) >= 11 is 0. The van der Waals surface area contributed by atoms with Crippen LogP contribution in [0.2, 0.25) is 0 Å². The molecule has 114 valence electrons. The fraction of sp³-hybridized carbons (Fsp3) is 0.278. The summed E-state index contributed by atoms with van der Waals surface area (Å²) < 4.78 is 5.52. The van der Waals surface area contributed by atoms with E-state index in [0.29, 0.717) is 6.61 Å². The molecule has 4 nitrogen and oxygen atoms in total. The van der Waals surface area contributed by atoms with Crippen LogP contribution >= 0.6 is 0 Å². The van der Waals surface area contributed by atoms with E-state index >= 15 is 0 Å². The molecular weight excluding hydrogens is 274 g/mol. The zero-order valence-corrected chi connectivity index (χ0v) is 12.7. The zero-order chi connectivity index (χ0) is 15.2. The van der Waals surface area contributed by atoms with Crippen molar-refractivity contribution in [1.29, 1.82) is 0 Å². The van der Waals surface area contributed by atoms with E-state index in [-0.39, 0.29) is 0 Å². The maximum Gasteiger partial charge on any atom is 0.119 e. The van der Waals surface area contributed by atoms with Crippen LogP contribution in [0.5, 0.6) is 5.75 Å². The quantitative estimate of drug-likeness (QED) is 0.793. The van der Waals surface area contributed by atoms with Crippen molar-refractivity contribution in [3.63, 3.8) is 0 Å². The predicted molar refractivity (Wildman–Crippen MR) is 90.8 cm³/mol. The summed E-state index contributed by atoms with van der Waals surface area (Å²) in [5, 5.41) is 0. The molecule has 0 spiro atoms. The molecule has 0 aliphatic carbocycles. The fourth-order valence-electron chi connectivity index (χ4n) is 2.69. The Morgan fingerprint density at radius 2 is 1.45 bits per heavy atom. The highest BCUT2D eigenvalue weighted by molar-refractivity contribution is 5.52. The molecule has 3 rings (SSSR count). The second kappa shape index (κ2) is 6.98. The van der Waals surface area contributed by atoms with Crippen LogP contribution in [0, 0.1) is 0 Å². The van der Waals surface area contributed by atoms with Crippen molar-refractivity contribution in [2.24, 2.45) is 0 Å². The number of benzene rings is 1. The summed E-state index contributed by atoms with van der Waals surface area (Å²) in [4.78, 5) is 8.89. The number of hydrogen-bond acceptors (Lipinski definition) is 4. The molecule has 1 aliphatic rings. The van der Waals surface area contributed by atoms with Crippen molar-refractivity contribution in [2.75, 3.05) is 42.6 Å². The Morgan fingerprint density at radius 1 is 0.909 bits per heavy atom. The molecule has 0 radical (unpaired) electrons. The second-order valence-electron chi connectivity index (χ2n) is 5.27. The Kier molecular flexibility index (Phi) is 4.59. The van der Waals surface area contributed by atoms with Crippen molar-refractivity contribution in [1.82, 2.24) is 4.98 Å². The van der Waals surface area contributed by atoms with Gasteiger partial charge >= 0.3 is 0 Å². The van der Waals surface area contributed by atoms with E-state index in [1.807, 2.05) is 24.5 Å². The SMILES string of the molecule is C=CCOc1ccc(N2CCN(c3ccncc3)CC2)cc1. The maximum atomic E-state index is 5.52. The van der Waals surface area contributed by atoms with Crippen LogP contribution in [0.15, 0.2) is 61.4 Å². The van der Waals surface area contributed by atoms with Gasteiger partial charge in [-0.15, -0.1) is 0 Å². The molecule has 1 fully saturated rings. The second-order valence-corrected chi connectivity index (χ2v) is 5.27. The number of ether oxygens (including phenoxy) is 1. The van der Waals surface area contributed by atoms with Crippen LogP contribution in [0.4, 0.5) is 11.4 Å². The summed E-state index contributed by atoms with van der Waals surface area (Å²) in [6, 6.07) is 12.4. The molecule has 2 aromatic rings. The van der Waals surface area contributed by atoms with Crippen molar-refractivity contribution in [3.8, 4) is 5.75 Å². The van der Waals surface area contributed by atoms with Gasteiger partial charge in [0.15, 0.2) is 0 Å². The standard InChI is InChI=1S/C18H21N3O/c1-2-15-22-18-5-3-16(4-6-18)20-11-13-21(14-12-20)17-7-9-19-10-8-17/h2-10H,1,11-15H2. The number of hydrogen-bond donors (Lipinski definition) is 0. The number of piperazine rings is 1. The lowest BCUT2D eigenvalue weighted by atomic mass is 10.2. The summed E-state index contributed by atoms with van der Waals surface area (Å²) in [6.07, 6.45) is 5.46. The van der Waals surface area contributed by atoms with Crippen molar-refractivity contribution in [3.05, 3.63) is 61.4 Å². The van der Waals surface area contributed by atoms with Crippen LogP contribution < -0.4 is 14.5 Å². The van der Waals surface area contributed by atoms with E-state index in [9.17, 15) is 0 Å². The molecular formula is C18H21N3O. The van der Waals surface area contributed by atoms with Crippen molar-refractivity contribution >= 4 is 11.4 Å². The van der Waals surface area contributed by atoms with Gasteiger partial charge in [-0.25, -0.2) is 0 Å². The van der Waals surface area contributed by atoms with Gasteiger partial charge in [-0.2, -0.15) is 0 Å². The van der Waals surface area contributed by atoms with Gasteiger partial charge in [-0.1, -0.05) is 12.7 Å². The Bertz CT molecular complexity index is 589. The van der Waals surface area contributed by atoms with E-state index < -0.39 is 0 Å². The summed E-state index contributed by atoms with van der Waals surface area (Å²) in [5.74, 6) is 0.888. The molecule has 0 atom stereocenters. The first-order chi connectivity index (χ1) is 10.9. The summed E-state index contributed by atoms with van der Waals surface area (Å²) in [5.41, 5.74) is 2.50. The van der Waals surface area contributed by atoms with Gasteiger partial charge in [0, 0.05) is 49.9 Å². The summed E-state index contributed by atoms with van der Waals surface area (Å²) in [6.45, 7) is 8.30. The number of aromatic nitrogens is 1. The highest BCUT2D eigenvalue weighted by Gasteiger charge is 2.17. The minimum absolute atomic E-state index is 0.546. The Labute approximate surface area is 131 Å². The highest BCUT2D eigenvalue weighted by Crippen LogP contribution is 2.22. The third kappa shape index (κ3) is 3.39. The molecule has 0 unspecified atom stereocenters. The van der Waals surface area contributed by atoms with Gasteiger partial charge in [0.05, 0.1) is 0 Å². The first-order valence-electron chi connectivity index (χ1n) is 7.60. The van der Waals surface area contributed by atoms with E-state index in [2.05, 4.69) is 45.6 Å². The number of rotatable bonds is 5. The molecule has 1 aliphatic heterocycles. The largest absolute Gasteiger partial charge is 0.490 e. The van der Waals surface area contributed by atoms with E-state index in [1.54, 1.807) is 6.08 Å². The molecule has 1 aromatic heterocycles. The summed E-state index contributed by atoms with van der Waals surface area (Å²) in [7, 11) is 0. The van der Waals surface area contributed by atoms with E-state index in [1.165, 1.54) is 11.4 Å². The third-order valence-electron chi connectivity index (χ3n) is 3.88. The molecule has 22 heavy (non-hydrogen) atoms. The van der Waals surface area contributed by atoms with Gasteiger partial charge in [-0.05, 0) is 36.4 Å². The van der Waals surface area contributed by atoms with Crippen molar-refractivity contribution in [2.45, 2.75) is 0 Å². The first kappa shape index (κ1) is 14.4. The van der Waals surface area contributed by atoms with Gasteiger partial charge in [0.25, 0.3) is 0 Å². The minimum atomic E-state index is 0.546. The normalized spacial score (nSPS) is 14.7. The van der Waals surface area contributed by atoms with Crippen LogP contribution in [-0.2, 0) is 0 Å². The van der Waals surface area contributed by atoms with E-state index in [0.717, 1.165) is 31.9 Å². The van der Waals surface area contributed by atoms with Gasteiger partial charge < -0.3 is 14.5 Å². The van der Waals surface area contributed by atoms with Gasteiger partial charge in [0.2, 0.25) is 0 Å². The molecule has 0 amide bonds. The van der Waals surface area contributed by atoms with Crippen LogP contribution in [0.3, 0.4) is 0 Å². The number of nitrogens with zero attached hydrogens (tertiary/aromatic N) is 3. The Morgan fingerprint density at radius 3 is 2.00 bits per heavy atom. The van der Waals surface area contributed by atoms with Crippen LogP contribution in [-0.4, -0.2) is 37.8 Å². The van der Waals surface area contributed by atoms with Crippen LogP contribution in [0.25, 0.3) is 0 Å². The molecule has 0 bridgehead atoms. The van der Waals surface area contributed by atoms with Crippen molar-refractivity contribution < 1.29 is 4.74 Å². The molecule has 2 heterocycles. The lowest BCUT2D eigenvalue weighted by Gasteiger charge is -2.37. The van der Waals surface area contributed by atoms with Gasteiger partial charge in [0.1, 0.15) is 12.4 Å². The zero-order valence-electron chi connectivity index (χ0n) is 12.7. The molecule has 0 saturated carbocycles. The Hall–Kier alpha value is -2.49. The molecule has 0 N–H and O–H groups in total. The Balaban J connectivity index is 1.58. The third-order valence-corrected chi connectivity index (χ3v) is 3.88. The lowest BCUT2D eigenvalue weighted by molar-refractivity contribution is 0.363. The average molecular weight is 295 g/mol. The first-order valence-corrected chi connectivity index (χ1v) is 7.60. The lowest BCUT2D eigenvalue weighted by Crippen LogP contribution is -2.46. The molecule has 1 saturated heterocycles. The minimum Gasteiger partial charge on any atom is -0.490 e. The smallest absolute Gasteiger partial charge is 0.119 e. The topological polar surface area (TPSA) is 28.6 Å². The number of pyridine rings is 1. The molecule has 1 aromatic carbocycles.